The van der Waals surface area contributed by atoms with E-state index in [1.165, 1.54) is 55.6 Å². The third-order valence-corrected chi connectivity index (χ3v) is 8.35. The summed E-state index contributed by atoms with van der Waals surface area (Å²) in [7, 11) is 0. The SMILES string of the molecule is Cc1c(C)c(C)c(N=Cc2cc3ccccc3c(C=Nc3c(C)c(C)c(C)c(C)c3C)n2)c(C)c1C. The Labute approximate surface area is 216 Å². The van der Waals surface area contributed by atoms with Crippen molar-refractivity contribution in [2.75, 3.05) is 0 Å². The number of benzene rings is 3. The molecule has 3 heteroatoms. The van der Waals surface area contributed by atoms with Crippen LogP contribution in [0, 0.1) is 69.2 Å². The molecule has 0 spiro atoms. The molecule has 4 aromatic rings. The molecule has 0 fully saturated rings. The summed E-state index contributed by atoms with van der Waals surface area (Å²) in [5.41, 5.74) is 16.6. The van der Waals surface area contributed by atoms with Crippen LogP contribution in [0.4, 0.5) is 11.4 Å². The molecule has 1 aromatic heterocycles. The first-order valence-electron chi connectivity index (χ1n) is 12.6. The van der Waals surface area contributed by atoms with E-state index in [-0.39, 0.29) is 0 Å². The fourth-order valence-corrected chi connectivity index (χ4v) is 5.02. The zero-order valence-electron chi connectivity index (χ0n) is 23.4. The fraction of sp³-hybridized carbons (Fsp3) is 0.303. The molecule has 4 rings (SSSR count). The standard InChI is InChI=1S/C33H37N3/c1-18-20(3)24(7)32(25(8)21(18)4)34-16-29-15-28-13-11-12-14-30(28)31(36-29)17-35-33-26(9)22(5)19(2)23(6)27(33)10/h11-17H,1-10H3. The molecule has 0 aliphatic carbocycles. The van der Waals surface area contributed by atoms with Gasteiger partial charge in [-0.3, -0.25) is 9.98 Å². The van der Waals surface area contributed by atoms with E-state index < -0.39 is 0 Å². The number of hydrogen-bond donors (Lipinski definition) is 0. The second-order valence-electron chi connectivity index (χ2n) is 10.1. The van der Waals surface area contributed by atoms with E-state index in [4.69, 9.17) is 15.0 Å². The van der Waals surface area contributed by atoms with Crippen molar-refractivity contribution >= 4 is 34.6 Å². The summed E-state index contributed by atoms with van der Waals surface area (Å²) in [6, 6.07) is 10.4. The Morgan fingerprint density at radius 1 is 0.528 bits per heavy atom. The largest absolute Gasteiger partial charge is 0.254 e. The summed E-state index contributed by atoms with van der Waals surface area (Å²) < 4.78 is 0. The first kappa shape index (κ1) is 25.5. The van der Waals surface area contributed by atoms with Gasteiger partial charge in [-0.2, -0.15) is 0 Å². The van der Waals surface area contributed by atoms with Crippen molar-refractivity contribution in [1.29, 1.82) is 0 Å². The lowest BCUT2D eigenvalue weighted by Gasteiger charge is -2.16. The minimum Gasteiger partial charge on any atom is -0.254 e. The van der Waals surface area contributed by atoms with Crippen molar-refractivity contribution in [3.8, 4) is 0 Å². The molecule has 184 valence electrons. The Hall–Kier alpha value is -3.59. The molecule has 0 atom stereocenters. The van der Waals surface area contributed by atoms with Gasteiger partial charge in [0.25, 0.3) is 0 Å². The maximum atomic E-state index is 4.98. The maximum absolute atomic E-state index is 4.98. The molecule has 1 heterocycles. The number of aromatic nitrogens is 1. The molecule has 0 aliphatic heterocycles. The van der Waals surface area contributed by atoms with Gasteiger partial charge in [-0.15, -0.1) is 0 Å². The smallest absolute Gasteiger partial charge is 0.0898 e. The highest BCUT2D eigenvalue weighted by Gasteiger charge is 2.13. The topological polar surface area (TPSA) is 37.6 Å². The third kappa shape index (κ3) is 4.39. The molecule has 0 unspecified atom stereocenters. The van der Waals surface area contributed by atoms with Crippen molar-refractivity contribution < 1.29 is 0 Å². The molecule has 0 saturated carbocycles. The Morgan fingerprint density at radius 2 is 0.944 bits per heavy atom. The number of nitrogens with zero attached hydrogens (tertiary/aromatic N) is 3. The van der Waals surface area contributed by atoms with Gasteiger partial charge in [0.15, 0.2) is 0 Å². The third-order valence-electron chi connectivity index (χ3n) is 8.35. The van der Waals surface area contributed by atoms with Gasteiger partial charge in [-0.05, 0) is 136 Å². The van der Waals surface area contributed by atoms with E-state index in [0.717, 1.165) is 33.5 Å². The van der Waals surface area contributed by atoms with Crippen LogP contribution in [-0.4, -0.2) is 17.4 Å². The van der Waals surface area contributed by atoms with Crippen LogP contribution >= 0.6 is 0 Å². The molecule has 3 nitrogen and oxygen atoms in total. The number of rotatable bonds is 4. The molecule has 0 amide bonds. The van der Waals surface area contributed by atoms with Gasteiger partial charge in [0.2, 0.25) is 0 Å². The van der Waals surface area contributed by atoms with E-state index >= 15 is 0 Å². The first-order valence-corrected chi connectivity index (χ1v) is 12.6. The van der Waals surface area contributed by atoms with Gasteiger partial charge >= 0.3 is 0 Å². The van der Waals surface area contributed by atoms with Gasteiger partial charge < -0.3 is 0 Å². The summed E-state index contributed by atoms with van der Waals surface area (Å²) in [5.74, 6) is 0. The average molecular weight is 476 g/mol. The van der Waals surface area contributed by atoms with E-state index in [2.05, 4.69) is 99.6 Å². The Morgan fingerprint density at radius 3 is 1.44 bits per heavy atom. The van der Waals surface area contributed by atoms with Gasteiger partial charge in [0.05, 0.1) is 35.2 Å². The van der Waals surface area contributed by atoms with E-state index in [1.807, 2.05) is 12.4 Å². The van der Waals surface area contributed by atoms with E-state index in [9.17, 15) is 0 Å². The predicted molar refractivity (Wildman–Crippen MR) is 157 cm³/mol. The average Bonchev–Trinajstić information content (AvgIpc) is 2.88. The second kappa shape index (κ2) is 9.81. The molecule has 0 radical (unpaired) electrons. The first-order chi connectivity index (χ1) is 17.0. The summed E-state index contributed by atoms with van der Waals surface area (Å²) in [4.78, 5) is 14.9. The zero-order chi connectivity index (χ0) is 26.3. The number of pyridine rings is 1. The van der Waals surface area contributed by atoms with Gasteiger partial charge in [-0.1, -0.05) is 24.3 Å². The minimum absolute atomic E-state index is 0.828. The van der Waals surface area contributed by atoms with Crippen molar-refractivity contribution in [2.24, 2.45) is 9.98 Å². The summed E-state index contributed by atoms with van der Waals surface area (Å²) >= 11 is 0. The van der Waals surface area contributed by atoms with Crippen LogP contribution in [-0.2, 0) is 0 Å². The zero-order valence-corrected chi connectivity index (χ0v) is 23.4. The predicted octanol–water partition coefficient (Wildman–Crippen LogP) is 8.82. The monoisotopic (exact) mass is 475 g/mol. The van der Waals surface area contributed by atoms with Gasteiger partial charge in [0.1, 0.15) is 0 Å². The highest BCUT2D eigenvalue weighted by Crippen LogP contribution is 2.33. The van der Waals surface area contributed by atoms with Crippen molar-refractivity contribution in [1.82, 2.24) is 4.98 Å². The molecular weight excluding hydrogens is 438 g/mol. The number of aliphatic imine (C=N–C) groups is 2. The molecule has 3 aromatic carbocycles. The van der Waals surface area contributed by atoms with Gasteiger partial charge in [0, 0.05) is 5.39 Å². The van der Waals surface area contributed by atoms with Crippen LogP contribution in [0.2, 0.25) is 0 Å². The highest BCUT2D eigenvalue weighted by molar-refractivity contribution is 6.01. The van der Waals surface area contributed by atoms with Crippen LogP contribution in [0.15, 0.2) is 40.3 Å². The molecule has 0 saturated heterocycles. The Bertz CT molecular complexity index is 1510. The van der Waals surface area contributed by atoms with Crippen molar-refractivity contribution in [3.05, 3.63) is 97.4 Å². The minimum atomic E-state index is 0.828. The van der Waals surface area contributed by atoms with Crippen LogP contribution < -0.4 is 0 Å². The molecule has 0 bridgehead atoms. The second-order valence-corrected chi connectivity index (χ2v) is 10.1. The van der Waals surface area contributed by atoms with Crippen LogP contribution in [0.5, 0.6) is 0 Å². The quantitative estimate of drug-likeness (QED) is 0.272. The lowest BCUT2D eigenvalue weighted by molar-refractivity contribution is 1.16. The summed E-state index contributed by atoms with van der Waals surface area (Å²) in [6.45, 7) is 21.7. The number of hydrogen-bond acceptors (Lipinski definition) is 3. The normalized spacial score (nSPS) is 11.9. The summed E-state index contributed by atoms with van der Waals surface area (Å²) in [6.07, 6.45) is 3.81. The Kier molecular flexibility index (Phi) is 6.95. The lowest BCUT2D eigenvalue weighted by atomic mass is 9.93. The van der Waals surface area contributed by atoms with E-state index in [0.29, 0.717) is 0 Å². The Balaban J connectivity index is 1.83. The maximum Gasteiger partial charge on any atom is 0.0898 e. The molecule has 0 aliphatic rings. The van der Waals surface area contributed by atoms with Crippen LogP contribution in [0.3, 0.4) is 0 Å². The van der Waals surface area contributed by atoms with Crippen LogP contribution in [0.25, 0.3) is 10.8 Å². The van der Waals surface area contributed by atoms with Crippen molar-refractivity contribution in [2.45, 2.75) is 69.2 Å². The number of fused-ring (bicyclic) bond motifs is 1. The summed E-state index contributed by atoms with van der Waals surface area (Å²) in [5, 5.41) is 2.22. The highest BCUT2D eigenvalue weighted by atomic mass is 14.8. The lowest BCUT2D eigenvalue weighted by Crippen LogP contribution is -1.99. The fourth-order valence-electron chi connectivity index (χ4n) is 5.02. The molecule has 36 heavy (non-hydrogen) atoms. The van der Waals surface area contributed by atoms with Crippen molar-refractivity contribution in [3.63, 3.8) is 0 Å². The molecular formula is C33H37N3. The molecule has 0 N–H and O–H groups in total. The van der Waals surface area contributed by atoms with Gasteiger partial charge in [-0.25, -0.2) is 4.98 Å². The van der Waals surface area contributed by atoms with E-state index in [1.54, 1.807) is 0 Å². The van der Waals surface area contributed by atoms with Crippen LogP contribution in [0.1, 0.15) is 67.0 Å².